The Labute approximate surface area is 129 Å². The Hall–Kier alpha value is -1.65. The van der Waals surface area contributed by atoms with E-state index in [0.29, 0.717) is 0 Å². The van der Waals surface area contributed by atoms with Gasteiger partial charge in [0, 0.05) is 22.3 Å². The number of hydrogen-bond donors (Lipinski definition) is 1. The van der Waals surface area contributed by atoms with Crippen LogP contribution in [0.2, 0.25) is 0 Å². The fourth-order valence-corrected chi connectivity index (χ4v) is 3.84. The van der Waals surface area contributed by atoms with Gasteiger partial charge in [0.1, 0.15) is 0 Å². The second-order valence-electron chi connectivity index (χ2n) is 5.16. The predicted octanol–water partition coefficient (Wildman–Crippen LogP) is 4.21. The van der Waals surface area contributed by atoms with Gasteiger partial charge in [0.15, 0.2) is 0 Å². The molecular formula is C17H21N3S. The van der Waals surface area contributed by atoms with Crippen LogP contribution >= 0.6 is 11.3 Å². The van der Waals surface area contributed by atoms with Crippen molar-refractivity contribution in [2.75, 3.05) is 6.54 Å². The van der Waals surface area contributed by atoms with Gasteiger partial charge in [0.05, 0.1) is 11.7 Å². The predicted molar refractivity (Wildman–Crippen MR) is 89.9 cm³/mol. The van der Waals surface area contributed by atoms with E-state index in [2.05, 4.69) is 65.3 Å². The maximum atomic E-state index is 4.47. The van der Waals surface area contributed by atoms with Gasteiger partial charge in [0.2, 0.25) is 0 Å². The van der Waals surface area contributed by atoms with Crippen molar-refractivity contribution in [1.82, 2.24) is 15.1 Å². The van der Waals surface area contributed by atoms with Crippen LogP contribution in [-0.2, 0) is 6.54 Å². The second kappa shape index (κ2) is 6.41. The van der Waals surface area contributed by atoms with E-state index < -0.39 is 0 Å². The van der Waals surface area contributed by atoms with Gasteiger partial charge in [-0.05, 0) is 36.6 Å². The summed E-state index contributed by atoms with van der Waals surface area (Å²) in [6, 6.07) is 13.2. The Morgan fingerprint density at radius 1 is 1.24 bits per heavy atom. The summed E-state index contributed by atoms with van der Waals surface area (Å²) in [5.41, 5.74) is 1.25. The number of aromatic nitrogens is 2. The molecule has 0 aliphatic carbocycles. The van der Waals surface area contributed by atoms with E-state index in [1.165, 1.54) is 20.7 Å². The first-order valence-electron chi connectivity index (χ1n) is 7.57. The van der Waals surface area contributed by atoms with Crippen molar-refractivity contribution < 1.29 is 0 Å². The number of nitrogens with one attached hydrogen (secondary N) is 1. The van der Waals surface area contributed by atoms with Gasteiger partial charge in [0.25, 0.3) is 0 Å². The summed E-state index contributed by atoms with van der Waals surface area (Å²) in [5.74, 6) is 0. The van der Waals surface area contributed by atoms with Crippen LogP contribution < -0.4 is 5.32 Å². The molecule has 0 saturated carbocycles. The van der Waals surface area contributed by atoms with Crippen molar-refractivity contribution in [2.45, 2.75) is 32.9 Å². The molecule has 3 nitrogen and oxygen atoms in total. The average Bonchev–Trinajstić information content (AvgIpc) is 3.11. The van der Waals surface area contributed by atoms with Gasteiger partial charge in [-0.3, -0.25) is 4.68 Å². The largest absolute Gasteiger partial charge is 0.305 e. The van der Waals surface area contributed by atoms with Gasteiger partial charge in [-0.15, -0.1) is 11.3 Å². The average molecular weight is 299 g/mol. The minimum Gasteiger partial charge on any atom is -0.305 e. The summed E-state index contributed by atoms with van der Waals surface area (Å²) in [5, 5.41) is 9.40. The van der Waals surface area contributed by atoms with Crippen molar-refractivity contribution in [2.24, 2.45) is 0 Å². The molecule has 3 rings (SSSR count). The molecule has 0 spiro atoms. The summed E-state index contributed by atoms with van der Waals surface area (Å²) in [6.07, 6.45) is 3.00. The van der Waals surface area contributed by atoms with E-state index in [1.807, 2.05) is 17.5 Å². The molecule has 1 unspecified atom stereocenters. The van der Waals surface area contributed by atoms with Crippen molar-refractivity contribution in [3.05, 3.63) is 53.2 Å². The van der Waals surface area contributed by atoms with Gasteiger partial charge in [-0.25, -0.2) is 0 Å². The molecule has 2 heterocycles. The van der Waals surface area contributed by atoms with Crippen LogP contribution in [0.3, 0.4) is 0 Å². The van der Waals surface area contributed by atoms with Crippen molar-refractivity contribution in [1.29, 1.82) is 0 Å². The molecule has 0 amide bonds. The molecule has 0 aliphatic rings. The van der Waals surface area contributed by atoms with Gasteiger partial charge < -0.3 is 5.32 Å². The highest BCUT2D eigenvalue weighted by Gasteiger charge is 2.19. The number of rotatable bonds is 6. The Morgan fingerprint density at radius 3 is 2.86 bits per heavy atom. The molecule has 1 N–H and O–H groups in total. The second-order valence-corrected chi connectivity index (χ2v) is 6.27. The maximum Gasteiger partial charge on any atom is 0.0842 e. The first kappa shape index (κ1) is 14.3. The summed E-state index contributed by atoms with van der Waals surface area (Å²) < 4.78 is 3.47. The monoisotopic (exact) mass is 299 g/mol. The number of hydrogen-bond acceptors (Lipinski definition) is 3. The van der Waals surface area contributed by atoms with E-state index in [0.717, 1.165) is 19.5 Å². The molecule has 21 heavy (non-hydrogen) atoms. The molecular weight excluding hydrogens is 278 g/mol. The highest BCUT2D eigenvalue weighted by atomic mass is 32.1. The van der Waals surface area contributed by atoms with Crippen LogP contribution in [-0.4, -0.2) is 16.3 Å². The number of thiophene rings is 1. The SMILES string of the molecule is CCCn1nccc1C(NCC)c1cc2ccccc2s1. The molecule has 0 radical (unpaired) electrons. The van der Waals surface area contributed by atoms with E-state index >= 15 is 0 Å². The van der Waals surface area contributed by atoms with E-state index in [-0.39, 0.29) is 6.04 Å². The van der Waals surface area contributed by atoms with Gasteiger partial charge in [-0.1, -0.05) is 32.0 Å². The molecule has 3 aromatic rings. The fraction of sp³-hybridized carbons (Fsp3) is 0.353. The zero-order chi connectivity index (χ0) is 14.7. The Bertz CT molecular complexity index is 680. The molecule has 1 atom stereocenters. The van der Waals surface area contributed by atoms with Crippen molar-refractivity contribution in [3.8, 4) is 0 Å². The first-order valence-corrected chi connectivity index (χ1v) is 8.38. The summed E-state index contributed by atoms with van der Waals surface area (Å²) in [7, 11) is 0. The number of fused-ring (bicyclic) bond motifs is 1. The summed E-state index contributed by atoms with van der Waals surface area (Å²) in [6.45, 7) is 6.25. The molecule has 2 aromatic heterocycles. The molecule has 0 fully saturated rings. The van der Waals surface area contributed by atoms with Gasteiger partial charge >= 0.3 is 0 Å². The smallest absolute Gasteiger partial charge is 0.0842 e. The van der Waals surface area contributed by atoms with E-state index in [4.69, 9.17) is 0 Å². The first-order chi connectivity index (χ1) is 10.3. The van der Waals surface area contributed by atoms with Crippen LogP contribution in [0.5, 0.6) is 0 Å². The molecule has 0 aliphatic heterocycles. The maximum absolute atomic E-state index is 4.47. The topological polar surface area (TPSA) is 29.9 Å². The van der Waals surface area contributed by atoms with Crippen LogP contribution in [0.1, 0.15) is 36.9 Å². The third kappa shape index (κ3) is 2.87. The summed E-state index contributed by atoms with van der Waals surface area (Å²) >= 11 is 1.87. The number of aryl methyl sites for hydroxylation is 1. The quantitative estimate of drug-likeness (QED) is 0.739. The van der Waals surface area contributed by atoms with Crippen LogP contribution in [0.15, 0.2) is 42.6 Å². The highest BCUT2D eigenvalue weighted by Crippen LogP contribution is 2.33. The zero-order valence-corrected chi connectivity index (χ0v) is 13.4. The lowest BCUT2D eigenvalue weighted by Gasteiger charge is -2.18. The van der Waals surface area contributed by atoms with Crippen LogP contribution in [0.4, 0.5) is 0 Å². The molecule has 110 valence electrons. The molecule has 0 saturated heterocycles. The fourth-order valence-electron chi connectivity index (χ4n) is 2.69. The van der Waals surface area contributed by atoms with Crippen LogP contribution in [0, 0.1) is 0 Å². The Morgan fingerprint density at radius 2 is 2.10 bits per heavy atom. The van der Waals surface area contributed by atoms with Gasteiger partial charge in [-0.2, -0.15) is 5.10 Å². The lowest BCUT2D eigenvalue weighted by molar-refractivity contribution is 0.524. The lowest BCUT2D eigenvalue weighted by Crippen LogP contribution is -2.24. The van der Waals surface area contributed by atoms with Crippen LogP contribution in [0.25, 0.3) is 10.1 Å². The Balaban J connectivity index is 2.02. The number of nitrogens with zero attached hydrogens (tertiary/aromatic N) is 2. The van der Waals surface area contributed by atoms with E-state index in [9.17, 15) is 0 Å². The lowest BCUT2D eigenvalue weighted by atomic mass is 10.1. The van der Waals surface area contributed by atoms with Crippen molar-refractivity contribution in [3.63, 3.8) is 0 Å². The van der Waals surface area contributed by atoms with E-state index in [1.54, 1.807) is 0 Å². The minimum atomic E-state index is 0.224. The van der Waals surface area contributed by atoms with Crippen molar-refractivity contribution >= 4 is 21.4 Å². The molecule has 4 heteroatoms. The minimum absolute atomic E-state index is 0.224. The highest BCUT2D eigenvalue weighted by molar-refractivity contribution is 7.19. The molecule has 0 bridgehead atoms. The normalized spacial score (nSPS) is 12.9. The summed E-state index contributed by atoms with van der Waals surface area (Å²) in [4.78, 5) is 1.36. The Kier molecular flexibility index (Phi) is 4.36. The zero-order valence-electron chi connectivity index (χ0n) is 12.5. The molecule has 1 aromatic carbocycles. The third-order valence-corrected chi connectivity index (χ3v) is 4.80. The third-order valence-electron chi connectivity index (χ3n) is 3.62. The number of benzene rings is 1. The standard InChI is InChI=1S/C17H21N3S/c1-3-11-20-14(9-10-19-20)17(18-4-2)16-12-13-7-5-6-8-15(13)21-16/h5-10,12,17-18H,3-4,11H2,1-2H3.